The highest BCUT2D eigenvalue weighted by Crippen LogP contribution is 2.43. The Morgan fingerprint density at radius 3 is 2.76 bits per heavy atom. The van der Waals surface area contributed by atoms with Crippen LogP contribution >= 0.6 is 0 Å². The molecule has 5 nitrogen and oxygen atoms in total. The van der Waals surface area contributed by atoms with E-state index in [4.69, 9.17) is 4.42 Å². The monoisotopic (exact) mass is 238 g/mol. The topological polar surface area (TPSA) is 68.3 Å². The van der Waals surface area contributed by atoms with Crippen LogP contribution in [-0.2, 0) is 6.54 Å². The van der Waals surface area contributed by atoms with E-state index < -0.39 is 4.92 Å². The predicted molar refractivity (Wildman–Crippen MR) is 63.6 cm³/mol. The molecule has 2 rings (SSSR count). The van der Waals surface area contributed by atoms with Crippen molar-refractivity contribution in [1.82, 2.24) is 5.32 Å². The highest BCUT2D eigenvalue weighted by atomic mass is 16.6. The molecule has 0 spiro atoms. The first-order valence-corrected chi connectivity index (χ1v) is 6.09. The average Bonchev–Trinajstić information content (AvgIpc) is 2.71. The molecule has 1 fully saturated rings. The normalized spacial score (nSPS) is 17.7. The lowest BCUT2D eigenvalue weighted by Crippen LogP contribution is -2.39. The van der Waals surface area contributed by atoms with Crippen LogP contribution in [0.1, 0.15) is 38.4 Å². The zero-order chi connectivity index (χ0) is 12.3. The highest BCUT2D eigenvalue weighted by molar-refractivity contribution is 5.17. The average molecular weight is 238 g/mol. The molecule has 0 amide bonds. The quantitative estimate of drug-likeness (QED) is 0.611. The van der Waals surface area contributed by atoms with Gasteiger partial charge in [-0.1, -0.05) is 13.3 Å². The van der Waals surface area contributed by atoms with E-state index in [9.17, 15) is 10.1 Å². The van der Waals surface area contributed by atoms with Gasteiger partial charge in [0.15, 0.2) is 0 Å². The molecular weight excluding hydrogens is 220 g/mol. The van der Waals surface area contributed by atoms with Gasteiger partial charge < -0.3 is 9.73 Å². The highest BCUT2D eigenvalue weighted by Gasteiger charge is 2.34. The molecule has 0 atom stereocenters. The molecule has 0 aromatic carbocycles. The van der Waals surface area contributed by atoms with Gasteiger partial charge in [0.2, 0.25) is 0 Å². The van der Waals surface area contributed by atoms with Gasteiger partial charge in [-0.05, 0) is 30.7 Å². The fraction of sp³-hybridized carbons (Fsp3) is 0.667. The summed E-state index contributed by atoms with van der Waals surface area (Å²) < 4.78 is 5.08. The molecule has 1 heterocycles. The third-order valence-corrected chi connectivity index (χ3v) is 3.79. The lowest BCUT2D eigenvalue weighted by molar-refractivity contribution is -0.402. The van der Waals surface area contributed by atoms with Gasteiger partial charge in [-0.15, -0.1) is 0 Å². The van der Waals surface area contributed by atoms with Crippen molar-refractivity contribution in [3.63, 3.8) is 0 Å². The number of furan rings is 1. The van der Waals surface area contributed by atoms with Crippen LogP contribution in [0.5, 0.6) is 0 Å². The fourth-order valence-corrected chi connectivity index (χ4v) is 2.34. The van der Waals surface area contributed by atoms with Crippen LogP contribution in [0.3, 0.4) is 0 Å². The Balaban J connectivity index is 1.79. The minimum Gasteiger partial charge on any atom is -0.404 e. The lowest BCUT2D eigenvalue weighted by Gasteiger charge is -2.41. The Hall–Kier alpha value is -1.36. The van der Waals surface area contributed by atoms with Crippen molar-refractivity contribution in [2.45, 2.75) is 39.2 Å². The van der Waals surface area contributed by atoms with Crippen LogP contribution in [0.4, 0.5) is 5.88 Å². The largest absolute Gasteiger partial charge is 0.433 e. The van der Waals surface area contributed by atoms with Crippen molar-refractivity contribution in [3.8, 4) is 0 Å². The second-order valence-corrected chi connectivity index (χ2v) is 4.81. The van der Waals surface area contributed by atoms with Crippen LogP contribution < -0.4 is 5.32 Å². The summed E-state index contributed by atoms with van der Waals surface area (Å²) in [5.41, 5.74) is 0.457. The molecule has 1 N–H and O–H groups in total. The van der Waals surface area contributed by atoms with Gasteiger partial charge in [-0.2, -0.15) is 0 Å². The zero-order valence-corrected chi connectivity index (χ0v) is 10.1. The second kappa shape index (κ2) is 4.87. The maximum Gasteiger partial charge on any atom is 0.433 e. The molecule has 1 aromatic heterocycles. The molecule has 5 heteroatoms. The van der Waals surface area contributed by atoms with Gasteiger partial charge >= 0.3 is 5.88 Å². The molecule has 1 aliphatic carbocycles. The van der Waals surface area contributed by atoms with E-state index in [2.05, 4.69) is 12.2 Å². The molecule has 0 aliphatic heterocycles. The molecule has 17 heavy (non-hydrogen) atoms. The standard InChI is InChI=1S/C12H18N2O3/c1-2-12(6-3-7-12)9-13-8-10-4-5-11(17-10)14(15)16/h4-5,13H,2-3,6-9H2,1H3. The first-order valence-electron chi connectivity index (χ1n) is 6.09. The van der Waals surface area contributed by atoms with Gasteiger partial charge in [0.1, 0.15) is 10.7 Å². The number of nitrogens with one attached hydrogen (secondary N) is 1. The van der Waals surface area contributed by atoms with E-state index in [-0.39, 0.29) is 5.88 Å². The lowest BCUT2D eigenvalue weighted by atomic mass is 9.67. The summed E-state index contributed by atoms with van der Waals surface area (Å²) in [4.78, 5) is 9.93. The molecule has 1 aromatic rings. The molecule has 94 valence electrons. The van der Waals surface area contributed by atoms with Crippen LogP contribution in [0.25, 0.3) is 0 Å². The summed E-state index contributed by atoms with van der Waals surface area (Å²) >= 11 is 0. The Labute approximate surface area is 100 Å². The third kappa shape index (κ3) is 2.66. The summed E-state index contributed by atoms with van der Waals surface area (Å²) in [7, 11) is 0. The predicted octanol–water partition coefficient (Wildman–Crippen LogP) is 2.86. The zero-order valence-electron chi connectivity index (χ0n) is 10.1. The molecule has 0 saturated heterocycles. The Kier molecular flexibility index (Phi) is 3.47. The maximum absolute atomic E-state index is 10.4. The molecule has 0 radical (unpaired) electrons. The van der Waals surface area contributed by atoms with E-state index in [0.29, 0.717) is 17.7 Å². The summed E-state index contributed by atoms with van der Waals surface area (Å²) in [6.45, 7) is 3.76. The number of hydrogen-bond acceptors (Lipinski definition) is 4. The Morgan fingerprint density at radius 2 is 2.29 bits per heavy atom. The van der Waals surface area contributed by atoms with E-state index in [1.54, 1.807) is 6.07 Å². The minimum absolute atomic E-state index is 0.185. The minimum atomic E-state index is -0.511. The van der Waals surface area contributed by atoms with E-state index >= 15 is 0 Å². The molecule has 1 saturated carbocycles. The SMILES string of the molecule is CCC1(CNCc2ccc([N+](=O)[O-])o2)CCC1. The Bertz CT molecular complexity index is 391. The van der Waals surface area contributed by atoms with Crippen LogP contribution in [0, 0.1) is 15.5 Å². The number of hydrogen-bond donors (Lipinski definition) is 1. The van der Waals surface area contributed by atoms with Crippen LogP contribution in [-0.4, -0.2) is 11.5 Å². The van der Waals surface area contributed by atoms with E-state index in [1.807, 2.05) is 0 Å². The van der Waals surface area contributed by atoms with Crippen molar-refractivity contribution in [3.05, 3.63) is 28.0 Å². The number of nitro groups is 1. The molecule has 1 aliphatic rings. The Morgan fingerprint density at radius 1 is 1.53 bits per heavy atom. The van der Waals surface area contributed by atoms with E-state index in [1.165, 1.54) is 31.7 Å². The van der Waals surface area contributed by atoms with Gasteiger partial charge in [0.25, 0.3) is 0 Å². The van der Waals surface area contributed by atoms with Crippen molar-refractivity contribution in [2.75, 3.05) is 6.54 Å². The summed E-state index contributed by atoms with van der Waals surface area (Å²) in [5.74, 6) is 0.443. The maximum atomic E-state index is 10.4. The van der Waals surface area contributed by atoms with Gasteiger partial charge in [0, 0.05) is 6.54 Å². The van der Waals surface area contributed by atoms with Crippen LogP contribution in [0.15, 0.2) is 16.5 Å². The molecule has 0 unspecified atom stereocenters. The summed E-state index contributed by atoms with van der Waals surface area (Å²) in [5, 5.41) is 13.8. The summed E-state index contributed by atoms with van der Waals surface area (Å²) in [6.07, 6.45) is 5.09. The van der Waals surface area contributed by atoms with E-state index in [0.717, 1.165) is 6.54 Å². The summed E-state index contributed by atoms with van der Waals surface area (Å²) in [6, 6.07) is 3.06. The third-order valence-electron chi connectivity index (χ3n) is 3.79. The smallest absolute Gasteiger partial charge is 0.404 e. The van der Waals surface area contributed by atoms with Gasteiger partial charge in [-0.3, -0.25) is 10.1 Å². The first-order chi connectivity index (χ1) is 8.15. The first kappa shape index (κ1) is 12.1. The second-order valence-electron chi connectivity index (χ2n) is 4.81. The van der Waals surface area contributed by atoms with Crippen molar-refractivity contribution >= 4 is 5.88 Å². The van der Waals surface area contributed by atoms with Gasteiger partial charge in [-0.25, -0.2) is 0 Å². The number of rotatable bonds is 6. The molecule has 0 bridgehead atoms. The van der Waals surface area contributed by atoms with Crippen molar-refractivity contribution in [2.24, 2.45) is 5.41 Å². The van der Waals surface area contributed by atoms with Crippen molar-refractivity contribution < 1.29 is 9.34 Å². The molecular formula is C12H18N2O3. The van der Waals surface area contributed by atoms with Crippen molar-refractivity contribution in [1.29, 1.82) is 0 Å². The van der Waals surface area contributed by atoms with Gasteiger partial charge in [0.05, 0.1) is 12.6 Å². The number of nitrogens with zero attached hydrogens (tertiary/aromatic N) is 1. The fourth-order valence-electron chi connectivity index (χ4n) is 2.34. The van der Waals surface area contributed by atoms with Crippen LogP contribution in [0.2, 0.25) is 0 Å².